The van der Waals surface area contributed by atoms with Crippen molar-refractivity contribution in [3.8, 4) is 0 Å². The Balaban J connectivity index is 1.91. The summed E-state index contributed by atoms with van der Waals surface area (Å²) in [6.07, 6.45) is 0.616. The molecule has 1 aliphatic carbocycles. The molecule has 1 N–H and O–H groups in total. The summed E-state index contributed by atoms with van der Waals surface area (Å²) in [5, 5.41) is 10.6. The molecule has 0 aliphatic heterocycles. The second-order valence-electron chi connectivity index (χ2n) is 5.31. The van der Waals surface area contributed by atoms with Gasteiger partial charge in [-0.1, -0.05) is 48.0 Å². The van der Waals surface area contributed by atoms with Crippen molar-refractivity contribution in [2.24, 2.45) is 0 Å². The summed E-state index contributed by atoms with van der Waals surface area (Å²) in [7, 11) is 0. The van der Waals surface area contributed by atoms with E-state index in [9.17, 15) is 5.11 Å². The zero-order valence-electron chi connectivity index (χ0n) is 10.9. The lowest BCUT2D eigenvalue weighted by atomic mass is 9.72. The van der Waals surface area contributed by atoms with Gasteiger partial charge in [-0.15, -0.1) is 0 Å². The van der Waals surface area contributed by atoms with Crippen molar-refractivity contribution < 1.29 is 5.11 Å². The Morgan fingerprint density at radius 3 is 2.61 bits per heavy atom. The fourth-order valence-corrected chi connectivity index (χ4v) is 2.95. The van der Waals surface area contributed by atoms with Crippen LogP contribution in [0.4, 0.5) is 0 Å². The Morgan fingerprint density at radius 1 is 1.11 bits per heavy atom. The van der Waals surface area contributed by atoms with Crippen molar-refractivity contribution in [1.29, 1.82) is 0 Å². The molecule has 3 rings (SSSR count). The topological polar surface area (TPSA) is 20.2 Å². The molecule has 1 heteroatoms. The van der Waals surface area contributed by atoms with Gasteiger partial charge in [-0.2, -0.15) is 0 Å². The summed E-state index contributed by atoms with van der Waals surface area (Å²) in [6, 6.07) is 14.7. The van der Waals surface area contributed by atoms with Crippen LogP contribution < -0.4 is 0 Å². The van der Waals surface area contributed by atoms with Gasteiger partial charge in [-0.05, 0) is 42.5 Å². The lowest BCUT2D eigenvalue weighted by Crippen LogP contribution is -2.24. The number of hydrogen-bond acceptors (Lipinski definition) is 1. The Hall–Kier alpha value is -1.60. The summed E-state index contributed by atoms with van der Waals surface area (Å²) >= 11 is 0. The molecule has 2 unspecified atom stereocenters. The van der Waals surface area contributed by atoms with Gasteiger partial charge in [0.2, 0.25) is 0 Å². The van der Waals surface area contributed by atoms with Gasteiger partial charge in [-0.25, -0.2) is 0 Å². The van der Waals surface area contributed by atoms with Gasteiger partial charge in [-0.3, -0.25) is 0 Å². The monoisotopic (exact) mass is 238 g/mol. The summed E-state index contributed by atoms with van der Waals surface area (Å²) in [5.41, 5.74) is 6.20. The predicted octanol–water partition coefficient (Wildman–Crippen LogP) is 3.68. The maximum Gasteiger partial charge on any atom is 0.0864 e. The van der Waals surface area contributed by atoms with Crippen molar-refractivity contribution in [1.82, 2.24) is 0 Å². The van der Waals surface area contributed by atoms with E-state index >= 15 is 0 Å². The Bertz CT molecular complexity index is 586. The van der Waals surface area contributed by atoms with Crippen molar-refractivity contribution in [2.75, 3.05) is 0 Å². The molecule has 0 fully saturated rings. The molecule has 2 aromatic rings. The first-order chi connectivity index (χ1) is 8.66. The summed E-state index contributed by atoms with van der Waals surface area (Å²) in [4.78, 5) is 0. The maximum absolute atomic E-state index is 10.6. The fourth-order valence-electron chi connectivity index (χ4n) is 2.95. The molecule has 0 aromatic heterocycles. The van der Waals surface area contributed by atoms with Gasteiger partial charge in [0.05, 0.1) is 6.10 Å². The molecule has 0 radical (unpaired) electrons. The van der Waals surface area contributed by atoms with Crippen LogP contribution in [-0.2, 0) is 6.42 Å². The number of fused-ring (bicyclic) bond motifs is 1. The van der Waals surface area contributed by atoms with Gasteiger partial charge >= 0.3 is 0 Å². The van der Waals surface area contributed by atoms with E-state index < -0.39 is 0 Å². The van der Waals surface area contributed by atoms with Crippen LogP contribution in [0.15, 0.2) is 42.5 Å². The van der Waals surface area contributed by atoms with Crippen molar-refractivity contribution in [3.05, 3.63) is 70.3 Å². The molecule has 92 valence electrons. The molecule has 0 saturated heterocycles. The second kappa shape index (κ2) is 4.25. The highest BCUT2D eigenvalue weighted by Crippen LogP contribution is 2.43. The third kappa shape index (κ3) is 1.75. The van der Waals surface area contributed by atoms with Gasteiger partial charge in [0.1, 0.15) is 0 Å². The lowest BCUT2D eigenvalue weighted by molar-refractivity contribution is 0.134. The highest BCUT2D eigenvalue weighted by atomic mass is 16.3. The van der Waals surface area contributed by atoms with Crippen molar-refractivity contribution in [3.63, 3.8) is 0 Å². The standard InChI is InChI=1S/C17H18O/c1-11-7-8-14(12(2)9-11)17(18)16-10-13-5-3-4-6-15(13)16/h3-9,16-18H,10H2,1-2H3. The average molecular weight is 238 g/mol. The van der Waals surface area contributed by atoms with Crippen LogP contribution in [0.25, 0.3) is 0 Å². The molecular formula is C17H18O. The van der Waals surface area contributed by atoms with Gasteiger partial charge in [0.25, 0.3) is 0 Å². The predicted molar refractivity (Wildman–Crippen MR) is 73.8 cm³/mol. The van der Waals surface area contributed by atoms with E-state index in [0.717, 1.165) is 12.0 Å². The quantitative estimate of drug-likeness (QED) is 0.846. The van der Waals surface area contributed by atoms with E-state index in [2.05, 4.69) is 56.3 Å². The largest absolute Gasteiger partial charge is 0.388 e. The zero-order chi connectivity index (χ0) is 12.7. The normalized spacial score (nSPS) is 18.9. The van der Waals surface area contributed by atoms with Crippen LogP contribution in [0.1, 0.15) is 39.8 Å². The van der Waals surface area contributed by atoms with E-state index in [1.165, 1.54) is 22.3 Å². The van der Waals surface area contributed by atoms with Crippen molar-refractivity contribution in [2.45, 2.75) is 32.3 Å². The molecular weight excluding hydrogens is 220 g/mol. The molecule has 18 heavy (non-hydrogen) atoms. The molecule has 0 bridgehead atoms. The Labute approximate surface area is 108 Å². The third-order valence-corrected chi connectivity index (χ3v) is 4.02. The zero-order valence-corrected chi connectivity index (χ0v) is 10.9. The van der Waals surface area contributed by atoms with Gasteiger partial charge in [0.15, 0.2) is 0 Å². The molecule has 0 spiro atoms. The number of hydrogen-bond donors (Lipinski definition) is 1. The SMILES string of the molecule is Cc1ccc(C(O)C2Cc3ccccc32)c(C)c1. The van der Waals surface area contributed by atoms with Gasteiger partial charge in [0, 0.05) is 5.92 Å². The second-order valence-corrected chi connectivity index (χ2v) is 5.31. The Kier molecular flexibility index (Phi) is 2.71. The van der Waals surface area contributed by atoms with E-state index in [1.54, 1.807) is 0 Å². The van der Waals surface area contributed by atoms with Crippen LogP contribution in [0, 0.1) is 13.8 Å². The van der Waals surface area contributed by atoms with Crippen LogP contribution in [0.3, 0.4) is 0 Å². The first-order valence-electron chi connectivity index (χ1n) is 6.50. The number of rotatable bonds is 2. The highest BCUT2D eigenvalue weighted by molar-refractivity contribution is 5.44. The minimum Gasteiger partial charge on any atom is -0.388 e. The molecule has 2 atom stereocenters. The number of aliphatic hydroxyl groups excluding tert-OH is 1. The summed E-state index contributed by atoms with van der Waals surface area (Å²) in [6.45, 7) is 4.16. The van der Waals surface area contributed by atoms with Crippen LogP contribution in [0.2, 0.25) is 0 Å². The van der Waals surface area contributed by atoms with Crippen LogP contribution in [-0.4, -0.2) is 5.11 Å². The Morgan fingerprint density at radius 2 is 1.89 bits per heavy atom. The molecule has 0 heterocycles. The maximum atomic E-state index is 10.6. The molecule has 1 aliphatic rings. The molecule has 1 nitrogen and oxygen atoms in total. The first kappa shape index (κ1) is 11.5. The fraction of sp³-hybridized carbons (Fsp3) is 0.294. The number of benzene rings is 2. The summed E-state index contributed by atoms with van der Waals surface area (Å²) in [5.74, 6) is 0.266. The molecule has 2 aromatic carbocycles. The lowest BCUT2D eigenvalue weighted by Gasteiger charge is -2.34. The minimum absolute atomic E-state index is 0.266. The smallest absolute Gasteiger partial charge is 0.0864 e. The van der Waals surface area contributed by atoms with E-state index in [0.29, 0.717) is 0 Å². The van der Waals surface area contributed by atoms with E-state index in [-0.39, 0.29) is 12.0 Å². The summed E-state index contributed by atoms with van der Waals surface area (Å²) < 4.78 is 0. The highest BCUT2D eigenvalue weighted by Gasteiger charge is 2.32. The van der Waals surface area contributed by atoms with E-state index in [4.69, 9.17) is 0 Å². The third-order valence-electron chi connectivity index (χ3n) is 4.02. The number of aliphatic hydroxyl groups is 1. The average Bonchev–Trinajstić information content (AvgIpc) is 2.30. The molecule has 0 amide bonds. The minimum atomic E-state index is -0.375. The van der Waals surface area contributed by atoms with E-state index in [1.807, 2.05) is 0 Å². The molecule has 0 saturated carbocycles. The first-order valence-corrected chi connectivity index (χ1v) is 6.50. The number of aryl methyl sites for hydroxylation is 2. The van der Waals surface area contributed by atoms with Gasteiger partial charge < -0.3 is 5.11 Å². The van der Waals surface area contributed by atoms with Crippen LogP contribution in [0.5, 0.6) is 0 Å². The van der Waals surface area contributed by atoms with Crippen LogP contribution >= 0.6 is 0 Å². The van der Waals surface area contributed by atoms with Crippen molar-refractivity contribution >= 4 is 0 Å².